The highest BCUT2D eigenvalue weighted by atomic mass is 32.1. The fourth-order valence-corrected chi connectivity index (χ4v) is 3.88. The van der Waals surface area contributed by atoms with Crippen LogP contribution in [0.3, 0.4) is 0 Å². The Labute approximate surface area is 160 Å². The zero-order valence-corrected chi connectivity index (χ0v) is 15.2. The Morgan fingerprint density at radius 3 is 2.63 bits per heavy atom. The number of nitrogens with zero attached hydrogens (tertiary/aromatic N) is 3. The average molecular weight is 368 g/mol. The molecule has 0 amide bonds. The van der Waals surface area contributed by atoms with Crippen LogP contribution in [0.5, 0.6) is 0 Å². The molecule has 0 atom stereocenters. The molecular weight excluding hydrogens is 352 g/mol. The van der Waals surface area contributed by atoms with Crippen molar-refractivity contribution in [3.05, 3.63) is 90.1 Å². The zero-order valence-electron chi connectivity index (χ0n) is 14.4. The summed E-state index contributed by atoms with van der Waals surface area (Å²) in [5.74, 6) is 0. The maximum absolute atomic E-state index is 4.77. The van der Waals surface area contributed by atoms with E-state index < -0.39 is 0 Å². The number of anilines is 1. The quantitative estimate of drug-likeness (QED) is 0.328. The molecule has 130 valence electrons. The molecule has 0 saturated heterocycles. The summed E-state index contributed by atoms with van der Waals surface area (Å²) in [6.45, 7) is 0. The largest absolute Gasteiger partial charge is 0.289 e. The molecule has 27 heavy (non-hydrogen) atoms. The molecule has 0 saturated carbocycles. The highest BCUT2D eigenvalue weighted by molar-refractivity contribution is 7.15. The number of aromatic nitrogens is 2. The van der Waals surface area contributed by atoms with Gasteiger partial charge in [-0.2, -0.15) is 5.10 Å². The second-order valence-electron chi connectivity index (χ2n) is 6.20. The van der Waals surface area contributed by atoms with Gasteiger partial charge in [-0.3, -0.25) is 9.83 Å². The first-order valence-corrected chi connectivity index (χ1v) is 9.55. The third-order valence-corrected chi connectivity index (χ3v) is 5.23. The fraction of sp³-hybridized carbons (Fsp3) is 0. The van der Waals surface area contributed by atoms with Gasteiger partial charge in [0.25, 0.3) is 0 Å². The molecule has 0 aliphatic carbocycles. The van der Waals surface area contributed by atoms with Crippen LogP contribution in [-0.4, -0.2) is 15.6 Å². The number of thiazole rings is 1. The molecule has 2 aromatic heterocycles. The number of nitrogens with one attached hydrogen (secondary N) is 1. The van der Waals surface area contributed by atoms with Crippen molar-refractivity contribution in [3.8, 4) is 11.3 Å². The molecule has 0 aliphatic rings. The molecule has 1 N–H and O–H groups in total. The number of hydrogen-bond donors (Lipinski definition) is 1. The van der Waals surface area contributed by atoms with Crippen LogP contribution >= 0.6 is 11.3 Å². The van der Waals surface area contributed by atoms with Crippen molar-refractivity contribution in [1.82, 2.24) is 9.38 Å². The van der Waals surface area contributed by atoms with E-state index in [0.717, 1.165) is 27.6 Å². The van der Waals surface area contributed by atoms with Crippen molar-refractivity contribution in [1.29, 1.82) is 0 Å². The minimum Gasteiger partial charge on any atom is -0.289 e. The van der Waals surface area contributed by atoms with Crippen LogP contribution < -0.4 is 5.43 Å². The van der Waals surface area contributed by atoms with Gasteiger partial charge in [0.1, 0.15) is 0 Å². The minimum absolute atomic E-state index is 0.937. The molecule has 5 heteroatoms. The summed E-state index contributed by atoms with van der Waals surface area (Å²) in [7, 11) is 0. The van der Waals surface area contributed by atoms with Gasteiger partial charge in [0, 0.05) is 17.1 Å². The fourth-order valence-electron chi connectivity index (χ4n) is 3.16. The summed E-state index contributed by atoms with van der Waals surface area (Å²) >= 11 is 1.62. The molecule has 4 nitrogen and oxygen atoms in total. The van der Waals surface area contributed by atoms with Gasteiger partial charge in [-0.15, -0.1) is 11.3 Å². The number of hydrogen-bond acceptors (Lipinski definition) is 4. The second kappa shape index (κ2) is 6.70. The lowest BCUT2D eigenvalue weighted by Gasteiger charge is -2.03. The average Bonchev–Trinajstić information content (AvgIpc) is 3.31. The van der Waals surface area contributed by atoms with E-state index in [0.29, 0.717) is 0 Å². The summed E-state index contributed by atoms with van der Waals surface area (Å²) in [4.78, 5) is 5.73. The van der Waals surface area contributed by atoms with Crippen LogP contribution in [0.25, 0.3) is 27.0 Å². The van der Waals surface area contributed by atoms with Crippen molar-refractivity contribution >= 4 is 39.0 Å². The van der Waals surface area contributed by atoms with Gasteiger partial charge >= 0.3 is 0 Å². The summed E-state index contributed by atoms with van der Waals surface area (Å²) < 4.78 is 2.07. The van der Waals surface area contributed by atoms with E-state index in [9.17, 15) is 0 Å². The number of fused-ring (bicyclic) bond motifs is 2. The van der Waals surface area contributed by atoms with Crippen LogP contribution in [-0.2, 0) is 0 Å². The van der Waals surface area contributed by atoms with Crippen molar-refractivity contribution < 1.29 is 0 Å². The molecular formula is C22H16N4S. The Bertz CT molecular complexity index is 1250. The van der Waals surface area contributed by atoms with E-state index >= 15 is 0 Å². The third kappa shape index (κ3) is 2.98. The number of rotatable bonds is 4. The Balaban J connectivity index is 1.49. The van der Waals surface area contributed by atoms with Gasteiger partial charge in [0.05, 0.1) is 23.3 Å². The Morgan fingerprint density at radius 1 is 0.926 bits per heavy atom. The first-order chi connectivity index (χ1) is 13.4. The molecule has 0 radical (unpaired) electrons. The topological polar surface area (TPSA) is 41.7 Å². The van der Waals surface area contributed by atoms with E-state index in [1.807, 2.05) is 54.2 Å². The summed E-state index contributed by atoms with van der Waals surface area (Å²) in [5, 5.41) is 8.91. The van der Waals surface area contributed by atoms with Gasteiger partial charge in [-0.05, 0) is 22.9 Å². The predicted molar refractivity (Wildman–Crippen MR) is 114 cm³/mol. The standard InChI is InChI=1S/C22H16N4S/c1-2-7-17(8-3-1)21-20(26-12-13-27-22(26)24-21)15-23-25-19-11-10-16-6-4-5-9-18(16)14-19/h1-15,25H. The van der Waals surface area contributed by atoms with Crippen molar-refractivity contribution in [2.75, 3.05) is 5.43 Å². The second-order valence-corrected chi connectivity index (χ2v) is 7.07. The highest BCUT2D eigenvalue weighted by Gasteiger charge is 2.13. The number of imidazole rings is 1. The molecule has 0 bridgehead atoms. The van der Waals surface area contributed by atoms with Crippen molar-refractivity contribution in [2.24, 2.45) is 5.10 Å². The first-order valence-electron chi connectivity index (χ1n) is 8.67. The van der Waals surface area contributed by atoms with E-state index in [4.69, 9.17) is 4.98 Å². The highest BCUT2D eigenvalue weighted by Crippen LogP contribution is 2.25. The lowest BCUT2D eigenvalue weighted by molar-refractivity contribution is 1.21. The molecule has 0 fully saturated rings. The number of benzene rings is 3. The van der Waals surface area contributed by atoms with E-state index in [-0.39, 0.29) is 0 Å². The van der Waals surface area contributed by atoms with Gasteiger partial charge < -0.3 is 0 Å². The first kappa shape index (κ1) is 15.8. The molecule has 0 unspecified atom stereocenters. The molecule has 5 aromatic rings. The van der Waals surface area contributed by atoms with Crippen LogP contribution in [0.2, 0.25) is 0 Å². The Kier molecular flexibility index (Phi) is 3.92. The van der Waals surface area contributed by atoms with Crippen molar-refractivity contribution in [2.45, 2.75) is 0 Å². The van der Waals surface area contributed by atoms with Crippen LogP contribution in [0.4, 0.5) is 5.69 Å². The Hall–Kier alpha value is -3.44. The molecule has 5 rings (SSSR count). The SMILES string of the molecule is C(=NNc1ccc2ccccc2c1)c1c(-c2ccccc2)nc2sccn12. The monoisotopic (exact) mass is 368 g/mol. The molecule has 3 aromatic carbocycles. The molecule has 2 heterocycles. The lowest BCUT2D eigenvalue weighted by Crippen LogP contribution is -1.95. The maximum Gasteiger partial charge on any atom is 0.194 e. The van der Waals surface area contributed by atoms with E-state index in [2.05, 4.69) is 51.3 Å². The maximum atomic E-state index is 4.77. The van der Waals surface area contributed by atoms with Gasteiger partial charge in [-0.1, -0.05) is 60.7 Å². The summed E-state index contributed by atoms with van der Waals surface area (Å²) in [5.41, 5.74) is 7.08. The van der Waals surface area contributed by atoms with E-state index in [1.54, 1.807) is 11.3 Å². The Morgan fingerprint density at radius 2 is 1.74 bits per heavy atom. The van der Waals surface area contributed by atoms with Crippen molar-refractivity contribution in [3.63, 3.8) is 0 Å². The number of hydrazone groups is 1. The normalized spacial score (nSPS) is 11.6. The minimum atomic E-state index is 0.937. The molecule has 0 spiro atoms. The predicted octanol–water partition coefficient (Wildman–Crippen LogP) is 5.66. The lowest BCUT2D eigenvalue weighted by atomic mass is 10.1. The van der Waals surface area contributed by atoms with Gasteiger partial charge in [0.2, 0.25) is 0 Å². The van der Waals surface area contributed by atoms with Crippen LogP contribution in [0.15, 0.2) is 89.5 Å². The van der Waals surface area contributed by atoms with Crippen LogP contribution in [0.1, 0.15) is 5.69 Å². The summed E-state index contributed by atoms with van der Waals surface area (Å²) in [6, 6.07) is 24.7. The molecule has 0 aliphatic heterocycles. The summed E-state index contributed by atoms with van der Waals surface area (Å²) in [6.07, 6.45) is 3.86. The smallest absolute Gasteiger partial charge is 0.194 e. The van der Waals surface area contributed by atoms with Gasteiger partial charge in [0.15, 0.2) is 4.96 Å². The van der Waals surface area contributed by atoms with E-state index in [1.165, 1.54) is 10.8 Å². The van der Waals surface area contributed by atoms with Crippen LogP contribution in [0, 0.1) is 0 Å². The van der Waals surface area contributed by atoms with Gasteiger partial charge in [-0.25, -0.2) is 4.98 Å². The third-order valence-electron chi connectivity index (χ3n) is 4.48. The zero-order chi connectivity index (χ0) is 18.1.